The Hall–Kier alpha value is -1.98. The van der Waals surface area contributed by atoms with Crippen molar-refractivity contribution in [3.05, 3.63) is 48.0 Å². The zero-order valence-corrected chi connectivity index (χ0v) is 19.9. The van der Waals surface area contributed by atoms with Gasteiger partial charge in [-0.2, -0.15) is 0 Å². The highest BCUT2D eigenvalue weighted by Gasteiger charge is 2.12. The Morgan fingerprint density at radius 1 is 0.967 bits per heavy atom. The molecule has 0 radical (unpaired) electrons. The van der Waals surface area contributed by atoms with Crippen LogP contribution in [0.2, 0.25) is 0 Å². The molecule has 0 bridgehead atoms. The summed E-state index contributed by atoms with van der Waals surface area (Å²) in [5, 5.41) is 6.04. The van der Waals surface area contributed by atoms with E-state index in [0.29, 0.717) is 5.25 Å². The van der Waals surface area contributed by atoms with Crippen LogP contribution in [0.4, 0.5) is 0 Å². The normalized spacial score (nSPS) is 11.0. The Kier molecular flexibility index (Phi) is 10.2. The Labute approximate surface area is 185 Å². The number of rotatable bonds is 10. The molecule has 3 rings (SSSR count). The van der Waals surface area contributed by atoms with Gasteiger partial charge in [0, 0.05) is 52.3 Å². The fourth-order valence-electron chi connectivity index (χ4n) is 3.56. The Bertz CT molecular complexity index is 933. The number of para-hydroxylation sites is 1. The number of nitrogens with one attached hydrogen (secondary N) is 2. The second-order valence-corrected chi connectivity index (χ2v) is 8.84. The van der Waals surface area contributed by atoms with E-state index in [1.54, 1.807) is 11.9 Å². The number of carbonyl (C=O) groups is 1. The maximum atomic E-state index is 12.6. The van der Waals surface area contributed by atoms with E-state index < -0.39 is 0 Å². The monoisotopic (exact) mass is 427 g/mol. The first-order valence-electron chi connectivity index (χ1n) is 11.3. The number of amides is 1. The van der Waals surface area contributed by atoms with Gasteiger partial charge in [-0.05, 0) is 44.0 Å². The molecule has 0 spiro atoms. The smallest absolute Gasteiger partial charge is 0.251 e. The summed E-state index contributed by atoms with van der Waals surface area (Å²) >= 11 is 1.78. The molecular weight excluding hydrogens is 390 g/mol. The largest absolute Gasteiger partial charge is 0.352 e. The first kappa shape index (κ1) is 24.3. The first-order valence-corrected chi connectivity index (χ1v) is 12.2. The third-order valence-corrected chi connectivity index (χ3v) is 5.75. The summed E-state index contributed by atoms with van der Waals surface area (Å²) in [5.74, 6) is 0.0173. The lowest BCUT2D eigenvalue weighted by Gasteiger charge is -2.08. The van der Waals surface area contributed by atoms with Gasteiger partial charge in [-0.15, -0.1) is 0 Å². The molecule has 1 amide bonds. The molecule has 0 aliphatic rings. The van der Waals surface area contributed by atoms with Gasteiger partial charge in [0.1, 0.15) is 0 Å². The van der Waals surface area contributed by atoms with E-state index in [-0.39, 0.29) is 5.91 Å². The minimum Gasteiger partial charge on any atom is -0.352 e. The maximum absolute atomic E-state index is 12.6. The molecular formula is C25H37N3OS. The molecule has 0 saturated heterocycles. The van der Waals surface area contributed by atoms with Crippen LogP contribution in [0.1, 0.15) is 64.2 Å². The van der Waals surface area contributed by atoms with Crippen molar-refractivity contribution in [2.45, 2.75) is 65.7 Å². The predicted molar refractivity (Wildman–Crippen MR) is 133 cm³/mol. The fourth-order valence-corrected chi connectivity index (χ4v) is 4.16. The third-order valence-electron chi connectivity index (χ3n) is 4.91. The zero-order valence-electron chi connectivity index (χ0n) is 19.1. The average molecular weight is 428 g/mol. The van der Waals surface area contributed by atoms with Crippen molar-refractivity contribution in [2.75, 3.05) is 13.1 Å². The topological polar surface area (TPSA) is 46.1 Å². The van der Waals surface area contributed by atoms with Gasteiger partial charge in [-0.1, -0.05) is 64.3 Å². The second-order valence-electron chi connectivity index (χ2n) is 7.37. The van der Waals surface area contributed by atoms with Crippen LogP contribution in [0.3, 0.4) is 0 Å². The minimum absolute atomic E-state index is 0.0173. The Morgan fingerprint density at radius 2 is 1.67 bits per heavy atom. The molecule has 3 aromatic rings. The lowest BCUT2D eigenvalue weighted by atomic mass is 10.1. The van der Waals surface area contributed by atoms with Gasteiger partial charge >= 0.3 is 0 Å². The number of carbonyl (C=O) groups excluding carboxylic acids is 1. The maximum Gasteiger partial charge on any atom is 0.251 e. The quantitative estimate of drug-likeness (QED) is 0.291. The van der Waals surface area contributed by atoms with Crippen molar-refractivity contribution in [2.24, 2.45) is 0 Å². The first-order chi connectivity index (χ1) is 14.6. The highest BCUT2D eigenvalue weighted by molar-refractivity contribution is 7.97. The number of hydrogen-bond acceptors (Lipinski definition) is 3. The summed E-state index contributed by atoms with van der Waals surface area (Å²) in [6.45, 7) is 13.2. The lowest BCUT2D eigenvalue weighted by Crippen LogP contribution is -2.24. The molecule has 0 fully saturated rings. The van der Waals surface area contributed by atoms with Gasteiger partial charge in [0.25, 0.3) is 5.91 Å². The van der Waals surface area contributed by atoms with Crippen LogP contribution in [0.25, 0.3) is 21.8 Å². The van der Waals surface area contributed by atoms with Crippen LogP contribution in [0.15, 0.2) is 42.5 Å². The van der Waals surface area contributed by atoms with Crippen molar-refractivity contribution in [3.63, 3.8) is 0 Å². The summed E-state index contributed by atoms with van der Waals surface area (Å²) in [6, 6.07) is 14.5. The molecule has 30 heavy (non-hydrogen) atoms. The van der Waals surface area contributed by atoms with Crippen LogP contribution in [0, 0.1) is 0 Å². The molecule has 0 saturated carbocycles. The van der Waals surface area contributed by atoms with Gasteiger partial charge in [0.05, 0.1) is 0 Å². The standard InChI is InChI=1S/C23H31N3OS.C2H6/c1-4-26-21-11-7-6-10-19(21)20-16-18(12-13-22(20)26)23(27)24-14-8-5-9-15-25-28-17(2)3;1-2/h6-7,10-13,16-17,25H,4-5,8-9,14-15H2,1-3H3,(H,24,27);1-2H3. The fraction of sp³-hybridized carbons (Fsp3) is 0.480. The van der Waals surface area contributed by atoms with Crippen LogP contribution in [0.5, 0.6) is 0 Å². The number of aryl methyl sites for hydroxylation is 1. The highest BCUT2D eigenvalue weighted by Crippen LogP contribution is 2.29. The number of nitrogens with zero attached hydrogens (tertiary/aromatic N) is 1. The summed E-state index contributed by atoms with van der Waals surface area (Å²) < 4.78 is 5.68. The molecule has 1 aromatic heterocycles. The van der Waals surface area contributed by atoms with Crippen molar-refractivity contribution < 1.29 is 4.79 Å². The summed E-state index contributed by atoms with van der Waals surface area (Å²) in [5.41, 5.74) is 3.15. The van der Waals surface area contributed by atoms with E-state index in [0.717, 1.165) is 49.8 Å². The summed E-state index contributed by atoms with van der Waals surface area (Å²) in [6.07, 6.45) is 3.27. The second kappa shape index (κ2) is 12.7. The van der Waals surface area contributed by atoms with Gasteiger partial charge < -0.3 is 9.88 Å². The van der Waals surface area contributed by atoms with E-state index in [2.05, 4.69) is 65.7 Å². The number of unbranched alkanes of at least 4 members (excludes halogenated alkanes) is 2. The SMILES string of the molecule is CC.CCn1c2ccccc2c2cc(C(=O)NCCCCCNSC(C)C)ccc21. The molecule has 164 valence electrons. The molecule has 0 aliphatic heterocycles. The molecule has 1 heterocycles. The van der Waals surface area contributed by atoms with Gasteiger partial charge in [0.2, 0.25) is 0 Å². The van der Waals surface area contributed by atoms with Crippen molar-refractivity contribution >= 4 is 39.7 Å². The summed E-state index contributed by atoms with van der Waals surface area (Å²) in [4.78, 5) is 12.6. The van der Waals surface area contributed by atoms with Gasteiger partial charge in [0.15, 0.2) is 0 Å². The lowest BCUT2D eigenvalue weighted by molar-refractivity contribution is 0.0953. The Balaban J connectivity index is 0.00000155. The molecule has 0 unspecified atom stereocenters. The van der Waals surface area contributed by atoms with Crippen LogP contribution in [-0.2, 0) is 6.54 Å². The molecule has 2 N–H and O–H groups in total. The van der Waals surface area contributed by atoms with Gasteiger partial charge in [-0.3, -0.25) is 9.52 Å². The number of hydrogen-bond donors (Lipinski definition) is 2. The molecule has 2 aromatic carbocycles. The molecule has 0 aliphatic carbocycles. The van der Waals surface area contributed by atoms with Gasteiger partial charge in [-0.25, -0.2) is 0 Å². The predicted octanol–water partition coefficient (Wildman–Crippen LogP) is 6.39. The minimum atomic E-state index is 0.0173. The van der Waals surface area contributed by atoms with Crippen molar-refractivity contribution in [1.82, 2.24) is 14.6 Å². The number of benzene rings is 2. The van der Waals surface area contributed by atoms with E-state index >= 15 is 0 Å². The van der Waals surface area contributed by atoms with Crippen LogP contribution < -0.4 is 10.0 Å². The summed E-state index contributed by atoms with van der Waals surface area (Å²) in [7, 11) is 0. The van der Waals surface area contributed by atoms with E-state index in [1.165, 1.54) is 16.4 Å². The van der Waals surface area contributed by atoms with Crippen LogP contribution in [-0.4, -0.2) is 28.8 Å². The Morgan fingerprint density at radius 3 is 2.40 bits per heavy atom. The van der Waals surface area contributed by atoms with E-state index in [1.807, 2.05) is 26.0 Å². The average Bonchev–Trinajstić information content (AvgIpc) is 3.09. The van der Waals surface area contributed by atoms with Crippen LogP contribution >= 0.6 is 11.9 Å². The molecule has 0 atom stereocenters. The van der Waals surface area contributed by atoms with Crippen molar-refractivity contribution in [3.8, 4) is 0 Å². The van der Waals surface area contributed by atoms with E-state index in [4.69, 9.17) is 0 Å². The molecule has 4 nitrogen and oxygen atoms in total. The highest BCUT2D eigenvalue weighted by atomic mass is 32.2. The molecule has 5 heteroatoms. The van der Waals surface area contributed by atoms with E-state index in [9.17, 15) is 4.79 Å². The van der Waals surface area contributed by atoms with Crippen molar-refractivity contribution in [1.29, 1.82) is 0 Å². The number of fused-ring (bicyclic) bond motifs is 3. The third kappa shape index (κ3) is 6.26. The number of aromatic nitrogens is 1. The zero-order chi connectivity index (χ0) is 21.9.